The van der Waals surface area contributed by atoms with Crippen LogP contribution in [-0.2, 0) is 14.3 Å². The van der Waals surface area contributed by atoms with Gasteiger partial charge in [-0.3, -0.25) is 9.59 Å². The van der Waals surface area contributed by atoms with Crippen LogP contribution in [0.25, 0.3) is 0 Å². The van der Waals surface area contributed by atoms with Crippen LogP contribution in [0.15, 0.2) is 12.2 Å². The van der Waals surface area contributed by atoms with Gasteiger partial charge < -0.3 is 9.84 Å². The number of carboxylic acids is 1. The van der Waals surface area contributed by atoms with Gasteiger partial charge >= 0.3 is 11.9 Å². The molecule has 2 atom stereocenters. The number of carbonyl (C=O) groups excluding carboxylic acids is 1. The van der Waals surface area contributed by atoms with Crippen molar-refractivity contribution in [3.63, 3.8) is 0 Å². The number of ether oxygens (including phenoxy) is 1. The van der Waals surface area contributed by atoms with E-state index < -0.39 is 17.8 Å². The van der Waals surface area contributed by atoms with Crippen molar-refractivity contribution in [2.45, 2.75) is 116 Å². The molecule has 1 saturated carbocycles. The second-order valence-electron chi connectivity index (χ2n) is 8.59. The Morgan fingerprint density at radius 1 is 0.793 bits per heavy atom. The third-order valence-electron chi connectivity index (χ3n) is 6.04. The molecule has 168 valence electrons. The molecule has 1 N–H and O–H groups in total. The fourth-order valence-corrected chi connectivity index (χ4v) is 4.16. The fourth-order valence-electron chi connectivity index (χ4n) is 4.16. The van der Waals surface area contributed by atoms with E-state index in [1.807, 2.05) is 0 Å². The minimum atomic E-state index is -0.856. The largest absolute Gasteiger partial charge is 0.481 e. The Morgan fingerprint density at radius 3 is 1.90 bits per heavy atom. The van der Waals surface area contributed by atoms with Crippen LogP contribution in [0.2, 0.25) is 0 Å². The number of unbranched alkanes of at least 4 members (excludes halogenated alkanes) is 11. The fraction of sp³-hybridized carbons (Fsp3) is 0.840. The van der Waals surface area contributed by atoms with Gasteiger partial charge in [0.1, 0.15) is 0 Å². The summed E-state index contributed by atoms with van der Waals surface area (Å²) in [5.41, 5.74) is 0. The summed E-state index contributed by atoms with van der Waals surface area (Å²) in [6, 6.07) is 0. The van der Waals surface area contributed by atoms with E-state index >= 15 is 0 Å². The number of esters is 1. The molecule has 0 aromatic carbocycles. The van der Waals surface area contributed by atoms with Crippen molar-refractivity contribution in [3.8, 4) is 0 Å². The summed E-state index contributed by atoms with van der Waals surface area (Å²) in [6.45, 7) is 2.68. The topological polar surface area (TPSA) is 63.6 Å². The maximum atomic E-state index is 12.2. The lowest BCUT2D eigenvalue weighted by molar-refractivity contribution is -0.159. The summed E-state index contributed by atoms with van der Waals surface area (Å²) in [6.07, 6.45) is 23.9. The Bertz CT molecular complexity index is 458. The molecular formula is C25H44O4. The molecule has 4 heteroatoms. The highest BCUT2D eigenvalue weighted by atomic mass is 16.5. The Morgan fingerprint density at radius 2 is 1.31 bits per heavy atom. The molecule has 0 amide bonds. The average molecular weight is 409 g/mol. The van der Waals surface area contributed by atoms with Crippen molar-refractivity contribution in [1.82, 2.24) is 0 Å². The molecule has 2 unspecified atom stereocenters. The number of hydrogen-bond donors (Lipinski definition) is 1. The van der Waals surface area contributed by atoms with Crippen LogP contribution < -0.4 is 0 Å². The third kappa shape index (κ3) is 12.8. The average Bonchev–Trinajstić information content (AvgIpc) is 2.73. The van der Waals surface area contributed by atoms with Crippen molar-refractivity contribution < 1.29 is 19.4 Å². The van der Waals surface area contributed by atoms with Crippen LogP contribution >= 0.6 is 0 Å². The minimum absolute atomic E-state index is 0.303. The zero-order chi connectivity index (χ0) is 21.2. The number of carbonyl (C=O) groups is 2. The smallest absolute Gasteiger partial charge is 0.309 e. The first kappa shape index (κ1) is 25.7. The normalized spacial score (nSPS) is 19.5. The maximum absolute atomic E-state index is 12.2. The van der Waals surface area contributed by atoms with Crippen molar-refractivity contribution in [3.05, 3.63) is 12.2 Å². The zero-order valence-electron chi connectivity index (χ0n) is 18.7. The summed E-state index contributed by atoms with van der Waals surface area (Å²) in [7, 11) is 0. The second kappa shape index (κ2) is 17.5. The van der Waals surface area contributed by atoms with Gasteiger partial charge in [-0.25, -0.2) is 0 Å². The number of allylic oxidation sites excluding steroid dienone is 2. The number of aliphatic carboxylic acids is 1. The van der Waals surface area contributed by atoms with Gasteiger partial charge in [0.15, 0.2) is 0 Å². The molecule has 0 aromatic heterocycles. The number of rotatable bonds is 17. The molecular weight excluding hydrogens is 364 g/mol. The molecule has 0 spiro atoms. The SMILES string of the molecule is CCCCCCCCCC/C=C/CCCCCOC(=O)C1CCCCC1C(=O)O. The van der Waals surface area contributed by atoms with E-state index in [1.165, 1.54) is 57.8 Å². The van der Waals surface area contributed by atoms with Gasteiger partial charge in [-0.15, -0.1) is 0 Å². The quantitative estimate of drug-likeness (QED) is 0.159. The van der Waals surface area contributed by atoms with Gasteiger partial charge in [-0.1, -0.05) is 76.9 Å². The van der Waals surface area contributed by atoms with E-state index in [0.717, 1.165) is 38.5 Å². The zero-order valence-corrected chi connectivity index (χ0v) is 18.7. The van der Waals surface area contributed by atoms with Crippen LogP contribution in [0.4, 0.5) is 0 Å². The highest BCUT2D eigenvalue weighted by Gasteiger charge is 2.36. The van der Waals surface area contributed by atoms with Crippen LogP contribution in [0.5, 0.6) is 0 Å². The molecule has 1 aliphatic rings. The highest BCUT2D eigenvalue weighted by Crippen LogP contribution is 2.31. The first-order chi connectivity index (χ1) is 14.2. The van der Waals surface area contributed by atoms with Crippen molar-refractivity contribution in [1.29, 1.82) is 0 Å². The molecule has 0 saturated heterocycles. The number of carboxylic acid groups (broad SMARTS) is 1. The lowest BCUT2D eigenvalue weighted by atomic mass is 9.79. The molecule has 0 aliphatic heterocycles. The molecule has 1 aliphatic carbocycles. The van der Waals surface area contributed by atoms with Gasteiger partial charge in [0.25, 0.3) is 0 Å². The Labute approximate surface area is 178 Å². The van der Waals surface area contributed by atoms with Crippen molar-refractivity contribution in [2.24, 2.45) is 11.8 Å². The molecule has 0 bridgehead atoms. The summed E-state index contributed by atoms with van der Waals surface area (Å²) < 4.78 is 5.36. The second-order valence-corrected chi connectivity index (χ2v) is 8.59. The minimum Gasteiger partial charge on any atom is -0.481 e. The van der Waals surface area contributed by atoms with Gasteiger partial charge in [0.05, 0.1) is 18.4 Å². The molecule has 0 heterocycles. The monoisotopic (exact) mass is 408 g/mol. The Hall–Kier alpha value is -1.32. The molecule has 0 aromatic rings. The van der Waals surface area contributed by atoms with Gasteiger partial charge in [0.2, 0.25) is 0 Å². The number of hydrogen-bond acceptors (Lipinski definition) is 3. The van der Waals surface area contributed by atoms with Crippen molar-refractivity contribution >= 4 is 11.9 Å². The van der Waals surface area contributed by atoms with Gasteiger partial charge in [-0.2, -0.15) is 0 Å². The summed E-state index contributed by atoms with van der Waals surface area (Å²) in [5, 5.41) is 9.26. The van der Waals surface area contributed by atoms with Crippen molar-refractivity contribution in [2.75, 3.05) is 6.61 Å². The van der Waals surface area contributed by atoms with Crippen LogP contribution in [0, 0.1) is 11.8 Å². The van der Waals surface area contributed by atoms with E-state index in [-0.39, 0.29) is 5.97 Å². The van der Waals surface area contributed by atoms with E-state index in [4.69, 9.17) is 4.74 Å². The van der Waals surface area contributed by atoms with Crippen LogP contribution in [0.3, 0.4) is 0 Å². The standard InChI is InChI=1S/C25H44O4/c1-2-3-4-5-6-7-8-9-10-11-12-13-14-15-18-21-29-25(28)23-20-17-16-19-22(23)24(26)27/h11-12,22-23H,2-10,13-21H2,1H3,(H,26,27)/b12-11+. The maximum Gasteiger partial charge on any atom is 0.309 e. The van der Waals surface area contributed by atoms with Crippen LogP contribution in [-0.4, -0.2) is 23.7 Å². The molecule has 4 nitrogen and oxygen atoms in total. The van der Waals surface area contributed by atoms with Gasteiger partial charge in [-0.05, 0) is 51.4 Å². The van der Waals surface area contributed by atoms with E-state index in [0.29, 0.717) is 19.4 Å². The lowest BCUT2D eigenvalue weighted by Crippen LogP contribution is -2.33. The molecule has 1 fully saturated rings. The van der Waals surface area contributed by atoms with Gasteiger partial charge in [0, 0.05) is 0 Å². The van der Waals surface area contributed by atoms with Crippen LogP contribution in [0.1, 0.15) is 116 Å². The van der Waals surface area contributed by atoms with E-state index in [2.05, 4.69) is 19.1 Å². The first-order valence-corrected chi connectivity index (χ1v) is 12.2. The summed E-state index contributed by atoms with van der Waals surface area (Å²) in [4.78, 5) is 23.4. The first-order valence-electron chi connectivity index (χ1n) is 12.2. The summed E-state index contributed by atoms with van der Waals surface area (Å²) >= 11 is 0. The predicted octanol–water partition coefficient (Wildman–Crippen LogP) is 7.07. The van der Waals surface area contributed by atoms with E-state index in [1.54, 1.807) is 0 Å². The Balaban J connectivity index is 1.92. The van der Waals surface area contributed by atoms with E-state index in [9.17, 15) is 14.7 Å². The predicted molar refractivity (Wildman–Crippen MR) is 119 cm³/mol. The molecule has 0 radical (unpaired) electrons. The molecule has 1 rings (SSSR count). The third-order valence-corrected chi connectivity index (χ3v) is 6.04. The summed E-state index contributed by atoms with van der Waals surface area (Å²) in [5.74, 6) is -2.16. The highest BCUT2D eigenvalue weighted by molar-refractivity contribution is 5.81. The molecule has 29 heavy (non-hydrogen) atoms. The Kier molecular flexibility index (Phi) is 15.5. The lowest BCUT2D eigenvalue weighted by Gasteiger charge is -2.26.